The molecule has 1 aliphatic rings. The summed E-state index contributed by atoms with van der Waals surface area (Å²) < 4.78 is 21.6. The van der Waals surface area contributed by atoms with Crippen molar-refractivity contribution in [1.82, 2.24) is 39.9 Å². The summed E-state index contributed by atoms with van der Waals surface area (Å²) >= 11 is 0. The molecule has 1 aliphatic heterocycles. The number of H-pyrrole nitrogens is 1. The molecule has 0 aliphatic carbocycles. The zero-order valence-corrected chi connectivity index (χ0v) is 21.6. The van der Waals surface area contributed by atoms with Crippen LogP contribution < -0.4 is 10.1 Å². The van der Waals surface area contributed by atoms with Gasteiger partial charge in [-0.25, -0.2) is 19.2 Å². The number of hydrogen-bond acceptors (Lipinski definition) is 7. The van der Waals surface area contributed by atoms with Gasteiger partial charge in [0, 0.05) is 42.5 Å². The third-order valence-electron chi connectivity index (χ3n) is 6.94. The molecule has 1 amide bonds. The van der Waals surface area contributed by atoms with Crippen molar-refractivity contribution >= 4 is 28.2 Å². The lowest BCUT2D eigenvalue weighted by Crippen LogP contribution is -2.36. The van der Waals surface area contributed by atoms with Gasteiger partial charge in [0.05, 0.1) is 18.3 Å². The van der Waals surface area contributed by atoms with Crippen molar-refractivity contribution in [2.45, 2.75) is 38.8 Å². The number of carbonyl (C=O) groups is 1. The van der Waals surface area contributed by atoms with E-state index in [2.05, 4.69) is 25.2 Å². The van der Waals surface area contributed by atoms with Crippen LogP contribution in [0.15, 0.2) is 55.0 Å². The van der Waals surface area contributed by atoms with Crippen LogP contribution in [0, 0.1) is 5.82 Å². The maximum Gasteiger partial charge on any atom is 0.412 e. The first kappa shape index (κ1) is 24.9. The van der Waals surface area contributed by atoms with Crippen molar-refractivity contribution in [1.29, 1.82) is 0 Å². The Morgan fingerprint density at radius 1 is 1.18 bits per heavy atom. The SMILES string of the molecule is CC(Cc1ccccn1)NC(=O)Oc1c[nH]c2ncc(-c3nn(CCN4CCCC4)c4cc(F)ccc34)nc12. The smallest absolute Gasteiger partial charge is 0.406 e. The first-order chi connectivity index (χ1) is 19.0. The van der Waals surface area contributed by atoms with Crippen LogP contribution in [-0.4, -0.2) is 66.4 Å². The Kier molecular flexibility index (Phi) is 6.89. The van der Waals surface area contributed by atoms with E-state index in [4.69, 9.17) is 14.8 Å². The lowest BCUT2D eigenvalue weighted by atomic mass is 10.1. The number of likely N-dealkylation sites (tertiary alicyclic amines) is 1. The van der Waals surface area contributed by atoms with Gasteiger partial charge in [0.1, 0.15) is 17.2 Å². The molecule has 2 N–H and O–H groups in total. The fourth-order valence-electron chi connectivity index (χ4n) is 5.02. The van der Waals surface area contributed by atoms with E-state index >= 15 is 0 Å². The molecule has 10 nitrogen and oxygen atoms in total. The van der Waals surface area contributed by atoms with Crippen LogP contribution in [0.1, 0.15) is 25.5 Å². The monoisotopic (exact) mass is 528 g/mol. The number of amides is 1. The highest BCUT2D eigenvalue weighted by atomic mass is 19.1. The van der Waals surface area contributed by atoms with Gasteiger partial charge in [0.15, 0.2) is 16.9 Å². The van der Waals surface area contributed by atoms with Gasteiger partial charge in [-0.2, -0.15) is 5.10 Å². The predicted molar refractivity (Wildman–Crippen MR) is 145 cm³/mol. The second kappa shape index (κ2) is 10.8. The first-order valence-electron chi connectivity index (χ1n) is 13.1. The normalized spacial score (nSPS) is 14.7. The summed E-state index contributed by atoms with van der Waals surface area (Å²) in [4.78, 5) is 31.5. The van der Waals surface area contributed by atoms with Crippen molar-refractivity contribution < 1.29 is 13.9 Å². The maximum absolute atomic E-state index is 14.2. The number of ether oxygens (including phenoxy) is 1. The van der Waals surface area contributed by atoms with Crippen molar-refractivity contribution in [3.63, 3.8) is 0 Å². The van der Waals surface area contributed by atoms with Crippen molar-refractivity contribution in [2.24, 2.45) is 0 Å². The molecular weight excluding hydrogens is 499 g/mol. The summed E-state index contributed by atoms with van der Waals surface area (Å²) in [6, 6.07) is 10.1. The molecule has 0 saturated carbocycles. The van der Waals surface area contributed by atoms with Crippen LogP contribution in [0.3, 0.4) is 0 Å². The minimum absolute atomic E-state index is 0.185. The molecule has 200 valence electrons. The topological polar surface area (TPSA) is 114 Å². The Morgan fingerprint density at radius 2 is 2.05 bits per heavy atom. The van der Waals surface area contributed by atoms with Gasteiger partial charge in [0.2, 0.25) is 0 Å². The highest BCUT2D eigenvalue weighted by Gasteiger charge is 2.20. The van der Waals surface area contributed by atoms with Crippen LogP contribution in [0.5, 0.6) is 5.75 Å². The molecule has 4 aromatic heterocycles. The van der Waals surface area contributed by atoms with Gasteiger partial charge in [0.25, 0.3) is 0 Å². The summed E-state index contributed by atoms with van der Waals surface area (Å²) in [5.41, 5.74) is 3.57. The summed E-state index contributed by atoms with van der Waals surface area (Å²) in [6.45, 7) is 5.53. The number of aromatic nitrogens is 6. The molecule has 6 rings (SSSR count). The lowest BCUT2D eigenvalue weighted by Gasteiger charge is -2.14. The molecule has 0 radical (unpaired) electrons. The predicted octanol–water partition coefficient (Wildman–Crippen LogP) is 4.32. The summed E-state index contributed by atoms with van der Waals surface area (Å²) in [6.07, 6.45) is 7.28. The van der Waals surface area contributed by atoms with Gasteiger partial charge < -0.3 is 19.9 Å². The van der Waals surface area contributed by atoms with Crippen molar-refractivity contribution in [3.8, 4) is 17.1 Å². The van der Waals surface area contributed by atoms with Gasteiger partial charge in [-0.05, 0) is 63.2 Å². The average molecular weight is 529 g/mol. The number of fused-ring (bicyclic) bond motifs is 2. The van der Waals surface area contributed by atoms with E-state index in [-0.39, 0.29) is 17.6 Å². The molecule has 1 fully saturated rings. The highest BCUT2D eigenvalue weighted by molar-refractivity contribution is 5.93. The molecule has 39 heavy (non-hydrogen) atoms. The number of hydrogen-bond donors (Lipinski definition) is 2. The van der Waals surface area contributed by atoms with Gasteiger partial charge in [-0.1, -0.05) is 6.07 Å². The van der Waals surface area contributed by atoms with E-state index in [9.17, 15) is 9.18 Å². The number of aromatic amines is 1. The first-order valence-corrected chi connectivity index (χ1v) is 13.1. The Balaban J connectivity index is 1.24. The third kappa shape index (κ3) is 5.44. The van der Waals surface area contributed by atoms with Crippen LogP contribution in [0.4, 0.5) is 9.18 Å². The van der Waals surface area contributed by atoms with E-state index in [0.29, 0.717) is 41.0 Å². The van der Waals surface area contributed by atoms with Crippen LogP contribution >= 0.6 is 0 Å². The standard InChI is InChI=1S/C28H29FN8O2/c1-18(14-20-6-2-3-9-30-20)33-28(38)39-24-17-32-27-26(24)34-22(16-31-27)25-21-8-7-19(29)15-23(21)37(35-25)13-12-36-10-4-5-11-36/h2-3,6-9,15-18H,4-5,10-14H2,1H3,(H,31,32)(H,33,38). The second-order valence-corrected chi connectivity index (χ2v) is 9.85. The largest absolute Gasteiger partial charge is 0.412 e. The zero-order chi connectivity index (χ0) is 26.8. The Bertz CT molecular complexity index is 1610. The average Bonchev–Trinajstić information content (AvgIpc) is 3.67. The summed E-state index contributed by atoms with van der Waals surface area (Å²) in [5.74, 6) is -0.0618. The molecule has 1 atom stereocenters. The zero-order valence-electron chi connectivity index (χ0n) is 21.6. The number of rotatable bonds is 8. The van der Waals surface area contributed by atoms with Crippen LogP contribution in [0.25, 0.3) is 33.5 Å². The van der Waals surface area contributed by atoms with Gasteiger partial charge in [-0.3, -0.25) is 9.67 Å². The van der Waals surface area contributed by atoms with Gasteiger partial charge in [-0.15, -0.1) is 0 Å². The van der Waals surface area contributed by atoms with E-state index in [0.717, 1.165) is 30.7 Å². The quantitative estimate of drug-likeness (QED) is 0.308. The number of pyridine rings is 1. The lowest BCUT2D eigenvalue weighted by molar-refractivity contribution is 0.197. The molecule has 1 saturated heterocycles. The fraction of sp³-hybridized carbons (Fsp3) is 0.321. The number of carbonyl (C=O) groups excluding carboxylic acids is 1. The molecule has 1 unspecified atom stereocenters. The minimum Gasteiger partial charge on any atom is -0.406 e. The third-order valence-corrected chi connectivity index (χ3v) is 6.94. The Labute approximate surface area is 224 Å². The second-order valence-electron chi connectivity index (χ2n) is 9.85. The van der Waals surface area contributed by atoms with Crippen LogP contribution in [0.2, 0.25) is 0 Å². The van der Waals surface area contributed by atoms with E-state index in [1.54, 1.807) is 24.7 Å². The number of nitrogens with zero attached hydrogens (tertiary/aromatic N) is 6. The summed E-state index contributed by atoms with van der Waals surface area (Å²) in [5, 5.41) is 8.42. The molecule has 0 bridgehead atoms. The molecule has 0 spiro atoms. The molecule has 5 aromatic rings. The van der Waals surface area contributed by atoms with E-state index in [1.165, 1.54) is 25.0 Å². The van der Waals surface area contributed by atoms with Crippen LogP contribution in [-0.2, 0) is 13.0 Å². The van der Waals surface area contributed by atoms with E-state index in [1.807, 2.05) is 29.8 Å². The highest BCUT2D eigenvalue weighted by Crippen LogP contribution is 2.30. The molecule has 11 heteroatoms. The molecule has 5 heterocycles. The minimum atomic E-state index is -0.598. The summed E-state index contributed by atoms with van der Waals surface area (Å²) in [7, 11) is 0. The Hall–Kier alpha value is -4.38. The Morgan fingerprint density at radius 3 is 2.87 bits per heavy atom. The van der Waals surface area contributed by atoms with Crippen molar-refractivity contribution in [2.75, 3.05) is 19.6 Å². The molecule has 1 aromatic carbocycles. The van der Waals surface area contributed by atoms with Gasteiger partial charge >= 0.3 is 6.09 Å². The van der Waals surface area contributed by atoms with E-state index < -0.39 is 6.09 Å². The fourth-order valence-corrected chi connectivity index (χ4v) is 5.02. The molecular formula is C28H29FN8O2. The number of nitrogens with one attached hydrogen (secondary N) is 2. The van der Waals surface area contributed by atoms with Crippen molar-refractivity contribution in [3.05, 3.63) is 66.5 Å². The number of halogens is 1. The maximum atomic E-state index is 14.2. The number of benzene rings is 1.